The van der Waals surface area contributed by atoms with Gasteiger partial charge in [-0.15, -0.1) is 0 Å². The molecule has 0 fully saturated rings. The second-order valence-corrected chi connectivity index (χ2v) is 5.17. The number of carbonyl (C=O) groups excluding carboxylic acids is 1. The summed E-state index contributed by atoms with van der Waals surface area (Å²) in [7, 11) is 1.82. The van der Waals surface area contributed by atoms with Crippen LogP contribution in [0.3, 0.4) is 0 Å². The zero-order valence-corrected chi connectivity index (χ0v) is 12.8. The van der Waals surface area contributed by atoms with E-state index in [2.05, 4.69) is 20.4 Å². The van der Waals surface area contributed by atoms with Crippen molar-refractivity contribution < 1.29 is 9.90 Å². The first kappa shape index (κ1) is 15.2. The van der Waals surface area contributed by atoms with Gasteiger partial charge in [0.2, 0.25) is 0 Å². The molecule has 1 amide bonds. The number of hydrogen-bond acceptors (Lipinski definition) is 5. The standard InChI is InChI=1S/C15H18N6O2/c1-20-14(17-9-19-20)4-5-16-15(23)11-2-3-13-12(8-11)18-10-21(13)6-7-22/h2-3,8-10,22H,4-7H2,1H3,(H,16,23). The summed E-state index contributed by atoms with van der Waals surface area (Å²) in [6.07, 6.45) is 3.78. The fourth-order valence-corrected chi connectivity index (χ4v) is 2.43. The minimum absolute atomic E-state index is 0.0513. The summed E-state index contributed by atoms with van der Waals surface area (Å²) in [5.41, 5.74) is 2.19. The van der Waals surface area contributed by atoms with Crippen molar-refractivity contribution >= 4 is 16.9 Å². The van der Waals surface area contributed by atoms with Crippen LogP contribution >= 0.6 is 0 Å². The van der Waals surface area contributed by atoms with Crippen molar-refractivity contribution in [3.63, 3.8) is 0 Å². The number of amides is 1. The first-order valence-electron chi connectivity index (χ1n) is 7.36. The van der Waals surface area contributed by atoms with E-state index in [0.29, 0.717) is 25.1 Å². The lowest BCUT2D eigenvalue weighted by Crippen LogP contribution is -2.26. The molecule has 0 unspecified atom stereocenters. The summed E-state index contributed by atoms with van der Waals surface area (Å²) in [4.78, 5) is 20.6. The maximum absolute atomic E-state index is 12.2. The lowest BCUT2D eigenvalue weighted by molar-refractivity contribution is 0.0954. The van der Waals surface area contributed by atoms with Gasteiger partial charge in [-0.25, -0.2) is 9.97 Å². The number of aliphatic hydroxyl groups excluding tert-OH is 1. The van der Waals surface area contributed by atoms with E-state index in [1.807, 2.05) is 17.7 Å². The number of nitrogens with zero attached hydrogens (tertiary/aromatic N) is 5. The molecule has 0 bridgehead atoms. The van der Waals surface area contributed by atoms with Crippen LogP contribution in [0.1, 0.15) is 16.2 Å². The average molecular weight is 314 g/mol. The van der Waals surface area contributed by atoms with Gasteiger partial charge in [0, 0.05) is 32.1 Å². The van der Waals surface area contributed by atoms with E-state index in [4.69, 9.17) is 5.11 Å². The summed E-state index contributed by atoms with van der Waals surface area (Å²) in [6, 6.07) is 5.35. The zero-order valence-electron chi connectivity index (χ0n) is 12.8. The molecule has 0 aliphatic rings. The number of carbonyl (C=O) groups is 1. The number of aryl methyl sites for hydroxylation is 1. The third kappa shape index (κ3) is 3.21. The molecule has 0 saturated carbocycles. The molecule has 1 aromatic carbocycles. The van der Waals surface area contributed by atoms with Gasteiger partial charge in [-0.2, -0.15) is 5.10 Å². The molecule has 0 radical (unpaired) electrons. The van der Waals surface area contributed by atoms with Crippen LogP contribution in [-0.4, -0.2) is 48.5 Å². The largest absolute Gasteiger partial charge is 0.395 e. The third-order valence-electron chi connectivity index (χ3n) is 3.66. The average Bonchev–Trinajstić information content (AvgIpc) is 3.14. The van der Waals surface area contributed by atoms with Crippen LogP contribution in [0.15, 0.2) is 30.9 Å². The molecular formula is C15H18N6O2. The molecule has 8 nitrogen and oxygen atoms in total. The second-order valence-electron chi connectivity index (χ2n) is 5.17. The number of aliphatic hydroxyl groups is 1. The summed E-state index contributed by atoms with van der Waals surface area (Å²) in [5.74, 6) is 0.675. The smallest absolute Gasteiger partial charge is 0.251 e. The fraction of sp³-hybridized carbons (Fsp3) is 0.333. The van der Waals surface area contributed by atoms with Crippen molar-refractivity contribution in [1.82, 2.24) is 29.6 Å². The van der Waals surface area contributed by atoms with Gasteiger partial charge < -0.3 is 15.0 Å². The molecule has 0 aliphatic heterocycles. The van der Waals surface area contributed by atoms with Gasteiger partial charge in [-0.1, -0.05) is 0 Å². The van der Waals surface area contributed by atoms with Gasteiger partial charge in [-0.05, 0) is 18.2 Å². The molecule has 0 aliphatic carbocycles. The fourth-order valence-electron chi connectivity index (χ4n) is 2.43. The number of imidazole rings is 1. The Morgan fingerprint density at radius 1 is 1.35 bits per heavy atom. The molecule has 120 valence electrons. The first-order valence-corrected chi connectivity index (χ1v) is 7.36. The lowest BCUT2D eigenvalue weighted by atomic mass is 10.2. The van der Waals surface area contributed by atoms with E-state index < -0.39 is 0 Å². The Kier molecular flexibility index (Phi) is 4.33. The van der Waals surface area contributed by atoms with E-state index in [1.54, 1.807) is 23.1 Å². The molecular weight excluding hydrogens is 296 g/mol. The maximum atomic E-state index is 12.2. The van der Waals surface area contributed by atoms with Crippen molar-refractivity contribution in [2.75, 3.05) is 13.2 Å². The molecule has 8 heteroatoms. The van der Waals surface area contributed by atoms with Crippen LogP contribution in [0.2, 0.25) is 0 Å². The summed E-state index contributed by atoms with van der Waals surface area (Å²) >= 11 is 0. The van der Waals surface area contributed by atoms with Crippen molar-refractivity contribution in [1.29, 1.82) is 0 Å². The van der Waals surface area contributed by atoms with Gasteiger partial charge in [-0.3, -0.25) is 9.48 Å². The highest BCUT2D eigenvalue weighted by Crippen LogP contribution is 2.15. The molecule has 2 aromatic heterocycles. The maximum Gasteiger partial charge on any atom is 0.251 e. The van der Waals surface area contributed by atoms with Crippen molar-refractivity contribution in [3.8, 4) is 0 Å². The van der Waals surface area contributed by atoms with E-state index in [9.17, 15) is 4.79 Å². The Morgan fingerprint density at radius 2 is 2.22 bits per heavy atom. The summed E-state index contributed by atoms with van der Waals surface area (Å²) < 4.78 is 3.54. The molecule has 0 spiro atoms. The Balaban J connectivity index is 1.65. The topological polar surface area (TPSA) is 97.9 Å². The van der Waals surface area contributed by atoms with Crippen LogP contribution in [0.5, 0.6) is 0 Å². The molecule has 0 atom stereocenters. The molecule has 2 N–H and O–H groups in total. The summed E-state index contributed by atoms with van der Waals surface area (Å²) in [6.45, 7) is 1.03. The van der Waals surface area contributed by atoms with Crippen LogP contribution in [-0.2, 0) is 20.0 Å². The minimum Gasteiger partial charge on any atom is -0.395 e. The third-order valence-corrected chi connectivity index (χ3v) is 3.66. The summed E-state index contributed by atoms with van der Waals surface area (Å²) in [5, 5.41) is 15.9. The Bertz CT molecular complexity index is 822. The van der Waals surface area contributed by atoms with E-state index in [0.717, 1.165) is 16.9 Å². The minimum atomic E-state index is -0.147. The number of benzene rings is 1. The van der Waals surface area contributed by atoms with E-state index in [-0.39, 0.29) is 12.5 Å². The first-order chi connectivity index (χ1) is 11.2. The van der Waals surface area contributed by atoms with E-state index >= 15 is 0 Å². The van der Waals surface area contributed by atoms with Gasteiger partial charge in [0.25, 0.3) is 5.91 Å². The highest BCUT2D eigenvalue weighted by Gasteiger charge is 2.09. The Hall–Kier alpha value is -2.74. The number of hydrogen-bond donors (Lipinski definition) is 2. The van der Waals surface area contributed by atoms with Crippen molar-refractivity contribution in [3.05, 3.63) is 42.2 Å². The number of nitrogens with one attached hydrogen (secondary N) is 1. The normalized spacial score (nSPS) is 11.0. The van der Waals surface area contributed by atoms with Crippen LogP contribution in [0, 0.1) is 0 Å². The van der Waals surface area contributed by atoms with Gasteiger partial charge in [0.15, 0.2) is 0 Å². The van der Waals surface area contributed by atoms with Crippen LogP contribution < -0.4 is 5.32 Å². The highest BCUT2D eigenvalue weighted by atomic mass is 16.3. The second kappa shape index (κ2) is 6.57. The van der Waals surface area contributed by atoms with E-state index in [1.165, 1.54) is 6.33 Å². The van der Waals surface area contributed by atoms with Crippen molar-refractivity contribution in [2.24, 2.45) is 7.05 Å². The van der Waals surface area contributed by atoms with Gasteiger partial charge in [0.05, 0.1) is 24.0 Å². The van der Waals surface area contributed by atoms with Crippen molar-refractivity contribution in [2.45, 2.75) is 13.0 Å². The number of fused-ring (bicyclic) bond motifs is 1. The molecule has 3 rings (SSSR count). The predicted molar refractivity (Wildman–Crippen MR) is 83.9 cm³/mol. The number of aromatic nitrogens is 5. The van der Waals surface area contributed by atoms with Gasteiger partial charge in [0.1, 0.15) is 12.2 Å². The van der Waals surface area contributed by atoms with Crippen LogP contribution in [0.4, 0.5) is 0 Å². The highest BCUT2D eigenvalue weighted by molar-refractivity contribution is 5.97. The SMILES string of the molecule is Cn1ncnc1CCNC(=O)c1ccc2c(c1)ncn2CCO. The molecule has 0 saturated heterocycles. The van der Waals surface area contributed by atoms with Crippen LogP contribution in [0.25, 0.3) is 11.0 Å². The Morgan fingerprint density at radius 3 is 2.96 bits per heavy atom. The predicted octanol–water partition coefficient (Wildman–Crippen LogP) is 0.130. The van der Waals surface area contributed by atoms with Gasteiger partial charge >= 0.3 is 0 Å². The molecule has 23 heavy (non-hydrogen) atoms. The monoisotopic (exact) mass is 314 g/mol. The molecule has 2 heterocycles. The molecule has 3 aromatic rings. The number of rotatable bonds is 6. The lowest BCUT2D eigenvalue weighted by Gasteiger charge is -2.06. The quantitative estimate of drug-likeness (QED) is 0.674. The Labute approximate surface area is 132 Å². The zero-order chi connectivity index (χ0) is 16.2.